The number of aromatic nitrogens is 1. The molecule has 4 rings (SSSR count). The Bertz CT molecular complexity index is 1500. The summed E-state index contributed by atoms with van der Waals surface area (Å²) in [4.78, 5) is 3.64. The molecule has 0 aliphatic heterocycles. The SMILES string of the molecule is COc1ccc(CN(c2nccs2)S(=O)(=O)c2cc(Cl)c(N[C@@H](C)c3ccc(Cl)cc3)cc2F)c(C)c1. The van der Waals surface area contributed by atoms with Crippen molar-refractivity contribution < 1.29 is 17.5 Å². The molecule has 194 valence electrons. The fourth-order valence-electron chi connectivity index (χ4n) is 3.75. The number of benzene rings is 3. The summed E-state index contributed by atoms with van der Waals surface area (Å²) in [5, 5.41) is 5.68. The number of hydrogen-bond donors (Lipinski definition) is 1. The van der Waals surface area contributed by atoms with Crippen LogP contribution in [0.3, 0.4) is 0 Å². The summed E-state index contributed by atoms with van der Waals surface area (Å²) in [6, 6.07) is 14.5. The molecule has 1 aromatic heterocycles. The van der Waals surface area contributed by atoms with Gasteiger partial charge in [0, 0.05) is 22.6 Å². The Kier molecular flexibility index (Phi) is 8.28. The van der Waals surface area contributed by atoms with Crippen LogP contribution in [0.2, 0.25) is 10.0 Å². The van der Waals surface area contributed by atoms with Gasteiger partial charge in [-0.2, -0.15) is 0 Å². The van der Waals surface area contributed by atoms with Crippen molar-refractivity contribution in [1.29, 1.82) is 0 Å². The van der Waals surface area contributed by atoms with Gasteiger partial charge in [0.25, 0.3) is 10.0 Å². The lowest BCUT2D eigenvalue weighted by molar-refractivity contribution is 0.414. The molecule has 0 bridgehead atoms. The Balaban J connectivity index is 1.68. The molecular weight excluding hydrogens is 556 g/mol. The van der Waals surface area contributed by atoms with Gasteiger partial charge in [-0.15, -0.1) is 11.3 Å². The number of rotatable bonds is 9. The van der Waals surface area contributed by atoms with Crippen molar-refractivity contribution in [2.75, 3.05) is 16.7 Å². The van der Waals surface area contributed by atoms with Crippen molar-refractivity contribution in [1.82, 2.24) is 4.98 Å². The van der Waals surface area contributed by atoms with Crippen LogP contribution in [0.15, 0.2) is 71.1 Å². The first-order valence-electron chi connectivity index (χ1n) is 11.2. The maximum atomic E-state index is 15.4. The summed E-state index contributed by atoms with van der Waals surface area (Å²) in [7, 11) is -2.80. The zero-order valence-corrected chi connectivity index (χ0v) is 23.3. The smallest absolute Gasteiger partial charge is 0.269 e. The maximum absolute atomic E-state index is 15.4. The van der Waals surface area contributed by atoms with E-state index >= 15 is 4.39 Å². The highest BCUT2D eigenvalue weighted by Gasteiger charge is 2.31. The number of thiazole rings is 1. The highest BCUT2D eigenvalue weighted by atomic mass is 35.5. The van der Waals surface area contributed by atoms with E-state index in [2.05, 4.69) is 10.3 Å². The molecule has 4 aromatic rings. The molecule has 37 heavy (non-hydrogen) atoms. The van der Waals surface area contributed by atoms with Crippen molar-refractivity contribution in [3.05, 3.63) is 98.7 Å². The summed E-state index contributed by atoms with van der Waals surface area (Å²) in [6.45, 7) is 3.68. The van der Waals surface area contributed by atoms with Crippen LogP contribution in [0, 0.1) is 12.7 Å². The molecule has 0 spiro atoms. The van der Waals surface area contributed by atoms with E-state index in [9.17, 15) is 8.42 Å². The first-order valence-corrected chi connectivity index (χ1v) is 14.2. The summed E-state index contributed by atoms with van der Waals surface area (Å²) in [5.41, 5.74) is 2.72. The van der Waals surface area contributed by atoms with Crippen molar-refractivity contribution in [2.24, 2.45) is 0 Å². The molecule has 0 saturated carbocycles. The van der Waals surface area contributed by atoms with Gasteiger partial charge in [-0.3, -0.25) is 0 Å². The number of methoxy groups -OCH3 is 1. The Morgan fingerprint density at radius 1 is 1.14 bits per heavy atom. The number of sulfonamides is 1. The molecule has 6 nitrogen and oxygen atoms in total. The van der Waals surface area contributed by atoms with Gasteiger partial charge < -0.3 is 10.1 Å². The molecule has 0 aliphatic rings. The Labute approximate surface area is 229 Å². The predicted octanol–water partition coefficient (Wildman–Crippen LogP) is 7.47. The van der Waals surface area contributed by atoms with Crippen molar-refractivity contribution in [2.45, 2.75) is 31.3 Å². The molecule has 1 N–H and O–H groups in total. The lowest BCUT2D eigenvalue weighted by atomic mass is 10.1. The summed E-state index contributed by atoms with van der Waals surface area (Å²) in [6.07, 6.45) is 1.50. The number of anilines is 2. The van der Waals surface area contributed by atoms with E-state index in [0.29, 0.717) is 10.8 Å². The first kappa shape index (κ1) is 27.2. The van der Waals surface area contributed by atoms with Crippen LogP contribution in [0.5, 0.6) is 5.75 Å². The normalized spacial score (nSPS) is 12.3. The second kappa shape index (κ2) is 11.3. The summed E-state index contributed by atoms with van der Waals surface area (Å²) < 4.78 is 49.3. The van der Waals surface area contributed by atoms with E-state index in [4.69, 9.17) is 27.9 Å². The Morgan fingerprint density at radius 3 is 2.49 bits per heavy atom. The average molecular weight is 581 g/mol. The Morgan fingerprint density at radius 2 is 1.86 bits per heavy atom. The monoisotopic (exact) mass is 579 g/mol. The minimum atomic E-state index is -4.36. The van der Waals surface area contributed by atoms with E-state index in [0.717, 1.165) is 44.5 Å². The molecular formula is C26H24Cl2FN3O3S2. The predicted molar refractivity (Wildman–Crippen MR) is 148 cm³/mol. The van der Waals surface area contributed by atoms with E-state index < -0.39 is 20.7 Å². The highest BCUT2D eigenvalue weighted by Crippen LogP contribution is 2.35. The van der Waals surface area contributed by atoms with Crippen LogP contribution in [0.1, 0.15) is 29.7 Å². The Hall–Kier alpha value is -2.85. The second-order valence-corrected chi connectivity index (χ2v) is 11.8. The van der Waals surface area contributed by atoms with Gasteiger partial charge in [0.05, 0.1) is 24.4 Å². The van der Waals surface area contributed by atoms with Crippen LogP contribution in [-0.4, -0.2) is 20.5 Å². The molecule has 0 amide bonds. The van der Waals surface area contributed by atoms with E-state index in [1.165, 1.54) is 6.20 Å². The number of aryl methyl sites for hydroxylation is 1. The number of nitrogens with zero attached hydrogens (tertiary/aromatic N) is 2. The summed E-state index contributed by atoms with van der Waals surface area (Å²) in [5.74, 6) is -0.276. The van der Waals surface area contributed by atoms with Gasteiger partial charge in [-0.05, 0) is 66.9 Å². The van der Waals surface area contributed by atoms with Gasteiger partial charge in [-0.25, -0.2) is 22.1 Å². The molecule has 0 saturated heterocycles. The first-order chi connectivity index (χ1) is 17.6. The minimum Gasteiger partial charge on any atom is -0.497 e. The number of nitrogens with one attached hydrogen (secondary N) is 1. The zero-order valence-electron chi connectivity index (χ0n) is 20.2. The number of ether oxygens (including phenoxy) is 1. The molecule has 0 aliphatic carbocycles. The molecule has 11 heteroatoms. The molecule has 1 heterocycles. The van der Waals surface area contributed by atoms with Crippen molar-refractivity contribution in [3.63, 3.8) is 0 Å². The highest BCUT2D eigenvalue weighted by molar-refractivity contribution is 7.93. The third kappa shape index (κ3) is 6.01. The molecule has 1 atom stereocenters. The quantitative estimate of drug-likeness (QED) is 0.222. The van der Waals surface area contributed by atoms with Crippen molar-refractivity contribution in [3.8, 4) is 5.75 Å². The maximum Gasteiger partial charge on any atom is 0.269 e. The number of hydrogen-bond acceptors (Lipinski definition) is 6. The van der Waals surface area contributed by atoms with E-state index in [1.807, 2.05) is 32.0 Å². The fourth-order valence-corrected chi connectivity index (χ4v) is 6.50. The molecule has 3 aromatic carbocycles. The zero-order chi connectivity index (χ0) is 26.7. The van der Waals surface area contributed by atoms with Crippen LogP contribution >= 0.6 is 34.5 Å². The lowest BCUT2D eigenvalue weighted by Gasteiger charge is -2.24. The van der Waals surface area contributed by atoms with Gasteiger partial charge >= 0.3 is 0 Å². The average Bonchev–Trinajstić information content (AvgIpc) is 3.39. The van der Waals surface area contributed by atoms with E-state index in [1.54, 1.807) is 36.8 Å². The van der Waals surface area contributed by atoms with Crippen LogP contribution in [0.25, 0.3) is 0 Å². The largest absolute Gasteiger partial charge is 0.497 e. The molecule has 0 unspecified atom stereocenters. The van der Waals surface area contributed by atoms with Gasteiger partial charge in [-0.1, -0.05) is 41.4 Å². The van der Waals surface area contributed by atoms with Crippen LogP contribution in [0.4, 0.5) is 15.2 Å². The minimum absolute atomic E-state index is 0.0453. The van der Waals surface area contributed by atoms with Gasteiger partial charge in [0.2, 0.25) is 0 Å². The summed E-state index contributed by atoms with van der Waals surface area (Å²) >= 11 is 13.5. The van der Waals surface area contributed by atoms with Crippen LogP contribution in [-0.2, 0) is 16.6 Å². The van der Waals surface area contributed by atoms with Gasteiger partial charge in [0.15, 0.2) is 5.13 Å². The molecule has 0 fully saturated rings. The third-order valence-electron chi connectivity index (χ3n) is 5.83. The number of halogens is 3. The van der Waals surface area contributed by atoms with Crippen molar-refractivity contribution >= 4 is 55.4 Å². The second-order valence-electron chi connectivity index (χ2n) is 8.30. The van der Waals surface area contributed by atoms with Gasteiger partial charge in [0.1, 0.15) is 16.5 Å². The molecule has 0 radical (unpaired) electrons. The van der Waals surface area contributed by atoms with E-state index in [-0.39, 0.29) is 28.4 Å². The third-order valence-corrected chi connectivity index (χ3v) is 9.05. The topological polar surface area (TPSA) is 71.5 Å². The lowest BCUT2D eigenvalue weighted by Crippen LogP contribution is -2.31. The fraction of sp³-hybridized carbons (Fsp3) is 0.192. The van der Waals surface area contributed by atoms with Crippen LogP contribution < -0.4 is 14.4 Å². The standard InChI is InChI=1S/C26H24Cl2FN3O3S2/c1-16-12-21(35-3)9-6-19(16)15-32(26-30-10-11-36-26)37(33,34)25-13-22(28)24(14-23(25)29)31-17(2)18-4-7-20(27)8-5-18/h4-14,17,31H,15H2,1-3H3/t17-/m0/s1.